The molecule has 1 fully saturated rings. The summed E-state index contributed by atoms with van der Waals surface area (Å²) in [7, 11) is 0. The van der Waals surface area contributed by atoms with Gasteiger partial charge in [0.05, 0.1) is 12.1 Å². The molecule has 0 bridgehead atoms. The minimum absolute atomic E-state index is 0.341. The summed E-state index contributed by atoms with van der Waals surface area (Å²) in [4.78, 5) is 0. The van der Waals surface area contributed by atoms with Crippen LogP contribution in [0.25, 0.3) is 0 Å². The van der Waals surface area contributed by atoms with Gasteiger partial charge in [-0.15, -0.1) is 0 Å². The Balaban J connectivity index is 1.55. The van der Waals surface area contributed by atoms with Crippen LogP contribution in [-0.2, 0) is 6.42 Å². The van der Waals surface area contributed by atoms with Crippen molar-refractivity contribution in [3.63, 3.8) is 0 Å². The van der Waals surface area contributed by atoms with Crippen molar-refractivity contribution in [1.29, 1.82) is 0 Å². The van der Waals surface area contributed by atoms with E-state index >= 15 is 0 Å². The van der Waals surface area contributed by atoms with Crippen LogP contribution in [-0.4, -0.2) is 11.2 Å². The second kappa shape index (κ2) is 9.36. The summed E-state index contributed by atoms with van der Waals surface area (Å²) < 4.78 is 0. The average molecular weight is 369 g/mol. The third kappa shape index (κ3) is 4.51. The number of aryl methyl sites for hydroxylation is 1. The van der Waals surface area contributed by atoms with Crippen LogP contribution in [0.2, 0.25) is 0 Å². The van der Waals surface area contributed by atoms with Gasteiger partial charge in [0.15, 0.2) is 0 Å². The number of hydrazone groups is 1. The molecule has 0 saturated carbocycles. The second-order valence-corrected chi connectivity index (χ2v) is 7.49. The van der Waals surface area contributed by atoms with Crippen LogP contribution in [0.4, 0.5) is 0 Å². The Hall–Kier alpha value is -2.87. The van der Waals surface area contributed by atoms with Crippen LogP contribution in [0.15, 0.2) is 96.1 Å². The molecule has 2 heteroatoms. The maximum Gasteiger partial charge on any atom is 0.0727 e. The van der Waals surface area contributed by atoms with E-state index in [1.807, 2.05) is 0 Å². The van der Waals surface area contributed by atoms with Crippen LogP contribution >= 0.6 is 0 Å². The fourth-order valence-electron chi connectivity index (χ4n) is 4.16. The zero-order chi connectivity index (χ0) is 19.0. The van der Waals surface area contributed by atoms with Crippen molar-refractivity contribution in [3.05, 3.63) is 108 Å². The Kier molecular flexibility index (Phi) is 6.18. The fourth-order valence-corrected chi connectivity index (χ4v) is 4.16. The minimum atomic E-state index is 0.341. The Bertz CT molecular complexity index is 811. The van der Waals surface area contributed by atoms with Gasteiger partial charge in [-0.3, -0.25) is 5.01 Å². The molecule has 0 aliphatic carbocycles. The summed E-state index contributed by atoms with van der Waals surface area (Å²) in [6, 6.07) is 33.0. The first-order valence-corrected chi connectivity index (χ1v) is 10.4. The van der Waals surface area contributed by atoms with Crippen molar-refractivity contribution in [2.75, 3.05) is 0 Å². The maximum atomic E-state index is 5.02. The predicted molar refractivity (Wildman–Crippen MR) is 117 cm³/mol. The largest absolute Gasteiger partial charge is 0.282 e. The standard InChI is InChI=1S/C26H28N2/c1-4-12-22(13-5-1)14-11-21-27-28-25(23-15-6-2-7-16-23)19-10-20-26(28)24-17-8-3-9-18-24/h1-9,12-13,15-18,21,25-26H,10-11,14,19-20H2/b27-21+/t25-,26-/m0/s1. The number of rotatable bonds is 6. The van der Waals surface area contributed by atoms with Crippen LogP contribution in [0.3, 0.4) is 0 Å². The number of hydrogen-bond acceptors (Lipinski definition) is 2. The fraction of sp³-hybridized carbons (Fsp3) is 0.269. The summed E-state index contributed by atoms with van der Waals surface area (Å²) in [5.41, 5.74) is 4.10. The predicted octanol–water partition coefficient (Wildman–Crippen LogP) is 6.57. The molecule has 4 rings (SSSR count). The lowest BCUT2D eigenvalue weighted by atomic mass is 9.89. The molecule has 142 valence electrons. The van der Waals surface area contributed by atoms with Gasteiger partial charge < -0.3 is 0 Å². The van der Waals surface area contributed by atoms with E-state index in [9.17, 15) is 0 Å². The lowest BCUT2D eigenvalue weighted by Gasteiger charge is -2.41. The van der Waals surface area contributed by atoms with Crippen LogP contribution < -0.4 is 0 Å². The van der Waals surface area contributed by atoms with E-state index in [-0.39, 0.29) is 0 Å². The van der Waals surface area contributed by atoms with Crippen LogP contribution in [0.5, 0.6) is 0 Å². The van der Waals surface area contributed by atoms with Crippen molar-refractivity contribution < 1.29 is 0 Å². The molecule has 1 aliphatic rings. The Morgan fingerprint density at radius 3 is 1.75 bits per heavy atom. The monoisotopic (exact) mass is 368 g/mol. The highest BCUT2D eigenvalue weighted by Crippen LogP contribution is 2.41. The van der Waals surface area contributed by atoms with Crippen molar-refractivity contribution in [1.82, 2.24) is 5.01 Å². The van der Waals surface area contributed by atoms with Crippen LogP contribution in [0, 0.1) is 0 Å². The van der Waals surface area contributed by atoms with E-state index in [4.69, 9.17) is 5.10 Å². The van der Waals surface area contributed by atoms with Gasteiger partial charge in [0.1, 0.15) is 0 Å². The lowest BCUT2D eigenvalue weighted by Crippen LogP contribution is -2.32. The molecule has 0 amide bonds. The van der Waals surface area contributed by atoms with E-state index in [2.05, 4.69) is 102 Å². The summed E-state index contributed by atoms with van der Waals surface area (Å²) in [6.45, 7) is 0. The number of piperidine rings is 1. The van der Waals surface area contributed by atoms with Crippen molar-refractivity contribution in [3.8, 4) is 0 Å². The Morgan fingerprint density at radius 2 is 1.21 bits per heavy atom. The number of nitrogens with zero attached hydrogens (tertiary/aromatic N) is 2. The molecule has 0 spiro atoms. The normalized spacial score (nSPS) is 19.8. The van der Waals surface area contributed by atoms with Gasteiger partial charge in [0.25, 0.3) is 0 Å². The van der Waals surface area contributed by atoms with E-state index in [1.54, 1.807) is 0 Å². The molecule has 2 atom stereocenters. The molecule has 0 aromatic heterocycles. The van der Waals surface area contributed by atoms with Crippen LogP contribution in [0.1, 0.15) is 54.5 Å². The molecular formula is C26H28N2. The summed E-state index contributed by atoms with van der Waals surface area (Å²) >= 11 is 0. The molecule has 1 heterocycles. The third-order valence-corrected chi connectivity index (χ3v) is 5.58. The molecular weight excluding hydrogens is 340 g/mol. The molecule has 28 heavy (non-hydrogen) atoms. The van der Waals surface area contributed by atoms with Gasteiger partial charge in [-0.25, -0.2) is 0 Å². The van der Waals surface area contributed by atoms with Gasteiger partial charge in [-0.05, 0) is 48.8 Å². The van der Waals surface area contributed by atoms with E-state index in [1.165, 1.54) is 23.1 Å². The van der Waals surface area contributed by atoms with Gasteiger partial charge in [-0.1, -0.05) is 91.0 Å². The third-order valence-electron chi connectivity index (χ3n) is 5.58. The maximum absolute atomic E-state index is 5.02. The zero-order valence-corrected chi connectivity index (χ0v) is 16.3. The van der Waals surface area contributed by atoms with Gasteiger partial charge >= 0.3 is 0 Å². The highest BCUT2D eigenvalue weighted by Gasteiger charge is 2.31. The highest BCUT2D eigenvalue weighted by atomic mass is 15.5. The first kappa shape index (κ1) is 18.5. The van der Waals surface area contributed by atoms with E-state index < -0.39 is 0 Å². The van der Waals surface area contributed by atoms with Gasteiger partial charge in [-0.2, -0.15) is 5.10 Å². The molecule has 0 unspecified atom stereocenters. The molecule has 3 aromatic carbocycles. The molecule has 1 aliphatic heterocycles. The second-order valence-electron chi connectivity index (χ2n) is 7.49. The molecule has 3 aromatic rings. The van der Waals surface area contributed by atoms with E-state index in [0.29, 0.717) is 12.1 Å². The minimum Gasteiger partial charge on any atom is -0.282 e. The van der Waals surface area contributed by atoms with Gasteiger partial charge in [0.2, 0.25) is 0 Å². The lowest BCUT2D eigenvalue weighted by molar-refractivity contribution is 0.0867. The first-order valence-electron chi connectivity index (χ1n) is 10.4. The summed E-state index contributed by atoms with van der Waals surface area (Å²) in [5.74, 6) is 0. The number of benzene rings is 3. The highest BCUT2D eigenvalue weighted by molar-refractivity contribution is 5.57. The van der Waals surface area contributed by atoms with Crippen molar-refractivity contribution in [2.45, 2.75) is 44.2 Å². The Morgan fingerprint density at radius 1 is 0.714 bits per heavy atom. The van der Waals surface area contributed by atoms with E-state index in [0.717, 1.165) is 25.7 Å². The zero-order valence-electron chi connectivity index (χ0n) is 16.3. The molecule has 0 radical (unpaired) electrons. The quantitative estimate of drug-likeness (QED) is 0.449. The average Bonchev–Trinajstić information content (AvgIpc) is 2.78. The number of hydrogen-bond donors (Lipinski definition) is 0. The molecule has 0 N–H and O–H groups in total. The summed E-state index contributed by atoms with van der Waals surface area (Å²) in [5, 5.41) is 7.38. The smallest absolute Gasteiger partial charge is 0.0727 e. The van der Waals surface area contributed by atoms with Crippen molar-refractivity contribution >= 4 is 6.21 Å². The van der Waals surface area contributed by atoms with Crippen molar-refractivity contribution in [2.24, 2.45) is 5.10 Å². The summed E-state index contributed by atoms with van der Waals surface area (Å²) in [6.07, 6.45) is 7.65. The molecule has 1 saturated heterocycles. The first-order chi connectivity index (χ1) is 13.9. The molecule has 2 nitrogen and oxygen atoms in total. The topological polar surface area (TPSA) is 15.6 Å². The van der Waals surface area contributed by atoms with Gasteiger partial charge in [0, 0.05) is 6.21 Å². The SMILES string of the molecule is C(/CCc1ccccc1)=N\N1[C@H](c2ccccc2)CCC[C@H]1c1ccccc1. The Labute approximate surface area is 168 Å².